The van der Waals surface area contributed by atoms with E-state index in [4.69, 9.17) is 0 Å². The van der Waals surface area contributed by atoms with Crippen molar-refractivity contribution in [2.45, 2.75) is 0 Å². The highest BCUT2D eigenvalue weighted by atomic mass is 16.6. The first-order valence-electron chi connectivity index (χ1n) is 7.74. The van der Waals surface area contributed by atoms with Gasteiger partial charge in [0, 0.05) is 37.9 Å². The van der Waals surface area contributed by atoms with Gasteiger partial charge in [-0.1, -0.05) is 30.3 Å². The average Bonchev–Trinajstić information content (AvgIpc) is 2.62. The minimum Gasteiger partial charge on any atom is -0.362 e. The van der Waals surface area contributed by atoms with Gasteiger partial charge >= 0.3 is 6.03 Å². The van der Waals surface area contributed by atoms with Crippen molar-refractivity contribution in [3.8, 4) is 0 Å². The predicted molar refractivity (Wildman–Crippen MR) is 92.3 cm³/mol. The van der Waals surface area contributed by atoms with E-state index < -0.39 is 0 Å². The first kappa shape index (κ1) is 15.8. The van der Waals surface area contributed by atoms with Gasteiger partial charge in [0.25, 0.3) is 5.69 Å². The second-order valence-electron chi connectivity index (χ2n) is 5.52. The molecule has 1 saturated heterocycles. The molecule has 7 nitrogen and oxygen atoms in total. The first-order valence-corrected chi connectivity index (χ1v) is 7.74. The second kappa shape index (κ2) is 6.99. The molecule has 0 bridgehead atoms. The van der Waals surface area contributed by atoms with Crippen LogP contribution >= 0.6 is 0 Å². The molecule has 0 aliphatic carbocycles. The Bertz CT molecular complexity index is 728. The maximum atomic E-state index is 12.3. The number of benzene rings is 2. The van der Waals surface area contributed by atoms with Crippen LogP contribution in [0.25, 0.3) is 0 Å². The van der Waals surface area contributed by atoms with Crippen LogP contribution in [-0.4, -0.2) is 42.0 Å². The molecule has 7 heteroatoms. The Kier molecular flexibility index (Phi) is 4.60. The van der Waals surface area contributed by atoms with Gasteiger partial charge in [-0.3, -0.25) is 10.1 Å². The van der Waals surface area contributed by atoms with E-state index in [9.17, 15) is 14.9 Å². The Morgan fingerprint density at radius 3 is 2.25 bits per heavy atom. The average molecular weight is 326 g/mol. The maximum absolute atomic E-state index is 12.3. The molecule has 2 aromatic rings. The Balaban J connectivity index is 1.62. The van der Waals surface area contributed by atoms with Crippen LogP contribution < -0.4 is 10.2 Å². The lowest BCUT2D eigenvalue weighted by molar-refractivity contribution is -0.384. The zero-order chi connectivity index (χ0) is 16.9. The van der Waals surface area contributed by atoms with Crippen LogP contribution in [0.4, 0.5) is 21.9 Å². The highest BCUT2D eigenvalue weighted by Crippen LogP contribution is 2.28. The summed E-state index contributed by atoms with van der Waals surface area (Å²) in [5.41, 5.74) is 1.45. The second-order valence-corrected chi connectivity index (χ2v) is 5.52. The highest BCUT2D eigenvalue weighted by molar-refractivity contribution is 5.89. The monoisotopic (exact) mass is 326 g/mol. The molecule has 0 aromatic heterocycles. The van der Waals surface area contributed by atoms with Crippen LogP contribution in [0, 0.1) is 10.1 Å². The SMILES string of the molecule is O=C(Nc1ccccc1)N1CCN(c2ccccc2[N+](=O)[O-])CC1. The number of piperazine rings is 1. The minimum atomic E-state index is -0.371. The summed E-state index contributed by atoms with van der Waals surface area (Å²) < 4.78 is 0. The Morgan fingerprint density at radius 2 is 1.58 bits per heavy atom. The number of nitrogens with one attached hydrogen (secondary N) is 1. The molecule has 0 atom stereocenters. The summed E-state index contributed by atoms with van der Waals surface area (Å²) in [7, 11) is 0. The number of carbonyl (C=O) groups is 1. The highest BCUT2D eigenvalue weighted by Gasteiger charge is 2.25. The molecule has 1 N–H and O–H groups in total. The molecule has 1 heterocycles. The molecule has 0 unspecified atom stereocenters. The number of urea groups is 1. The van der Waals surface area contributed by atoms with Crippen LogP contribution in [0.15, 0.2) is 54.6 Å². The van der Waals surface area contributed by atoms with E-state index in [2.05, 4.69) is 5.32 Å². The van der Waals surface area contributed by atoms with E-state index >= 15 is 0 Å². The third kappa shape index (κ3) is 3.45. The molecule has 3 rings (SSSR count). The van der Waals surface area contributed by atoms with Gasteiger partial charge in [-0.2, -0.15) is 0 Å². The van der Waals surface area contributed by atoms with Crippen LogP contribution in [0.1, 0.15) is 0 Å². The van der Waals surface area contributed by atoms with Crippen molar-refractivity contribution in [1.29, 1.82) is 0 Å². The largest absolute Gasteiger partial charge is 0.362 e. The fourth-order valence-corrected chi connectivity index (χ4v) is 2.76. The number of rotatable bonds is 3. The van der Waals surface area contributed by atoms with Crippen molar-refractivity contribution in [3.05, 3.63) is 64.7 Å². The zero-order valence-corrected chi connectivity index (χ0v) is 13.1. The molecule has 0 radical (unpaired) electrons. The van der Waals surface area contributed by atoms with Crippen molar-refractivity contribution >= 4 is 23.1 Å². The molecule has 124 valence electrons. The predicted octanol–water partition coefficient (Wildman–Crippen LogP) is 2.95. The van der Waals surface area contributed by atoms with Gasteiger partial charge in [-0.25, -0.2) is 4.79 Å². The summed E-state index contributed by atoms with van der Waals surface area (Å²) in [6.07, 6.45) is 0. The van der Waals surface area contributed by atoms with E-state index in [-0.39, 0.29) is 16.6 Å². The number of nitro groups is 1. The van der Waals surface area contributed by atoms with Gasteiger partial charge < -0.3 is 15.1 Å². The van der Waals surface area contributed by atoms with Crippen LogP contribution in [0.2, 0.25) is 0 Å². The maximum Gasteiger partial charge on any atom is 0.321 e. The third-order valence-electron chi connectivity index (χ3n) is 4.01. The van der Waals surface area contributed by atoms with Crippen LogP contribution in [0.3, 0.4) is 0 Å². The van der Waals surface area contributed by atoms with Gasteiger partial charge in [0.1, 0.15) is 5.69 Å². The van der Waals surface area contributed by atoms with Crippen molar-refractivity contribution in [3.63, 3.8) is 0 Å². The van der Waals surface area contributed by atoms with E-state index in [0.717, 1.165) is 5.69 Å². The topological polar surface area (TPSA) is 78.7 Å². The fraction of sp³-hybridized carbons (Fsp3) is 0.235. The van der Waals surface area contributed by atoms with Crippen molar-refractivity contribution < 1.29 is 9.72 Å². The lowest BCUT2D eigenvalue weighted by Gasteiger charge is -2.35. The standard InChI is InChI=1S/C17H18N4O3/c22-17(18-14-6-2-1-3-7-14)20-12-10-19(11-13-20)15-8-4-5-9-16(15)21(23)24/h1-9H,10-13H2,(H,18,22). The van der Waals surface area contributed by atoms with E-state index in [0.29, 0.717) is 31.9 Å². The molecular formula is C17H18N4O3. The van der Waals surface area contributed by atoms with Gasteiger partial charge in [0.2, 0.25) is 0 Å². The smallest absolute Gasteiger partial charge is 0.321 e. The molecule has 1 aliphatic heterocycles. The quantitative estimate of drug-likeness (QED) is 0.695. The van der Waals surface area contributed by atoms with Crippen LogP contribution in [0.5, 0.6) is 0 Å². The summed E-state index contributed by atoms with van der Waals surface area (Å²) in [6, 6.07) is 15.8. The molecular weight excluding hydrogens is 308 g/mol. The van der Waals surface area contributed by atoms with E-state index in [1.165, 1.54) is 6.07 Å². The zero-order valence-electron chi connectivity index (χ0n) is 13.1. The molecule has 0 spiro atoms. The van der Waals surface area contributed by atoms with E-state index in [1.54, 1.807) is 23.1 Å². The molecule has 1 aliphatic rings. The summed E-state index contributed by atoms with van der Waals surface area (Å²) >= 11 is 0. The van der Waals surface area contributed by atoms with Crippen molar-refractivity contribution in [2.24, 2.45) is 0 Å². The van der Waals surface area contributed by atoms with Crippen molar-refractivity contribution in [2.75, 3.05) is 36.4 Å². The molecule has 0 saturated carbocycles. The minimum absolute atomic E-state index is 0.0969. The Labute approximate surface area is 139 Å². The summed E-state index contributed by atoms with van der Waals surface area (Å²) in [5, 5.41) is 14.0. The normalized spacial score (nSPS) is 14.3. The summed E-state index contributed by atoms with van der Waals surface area (Å²) in [5.74, 6) is 0. The van der Waals surface area contributed by atoms with Gasteiger partial charge in [-0.15, -0.1) is 0 Å². The number of hydrogen-bond donors (Lipinski definition) is 1. The summed E-state index contributed by atoms with van der Waals surface area (Å²) in [6.45, 7) is 2.16. The number of nitro benzene ring substituents is 1. The number of amides is 2. The molecule has 1 fully saturated rings. The Morgan fingerprint density at radius 1 is 0.958 bits per heavy atom. The number of hydrogen-bond acceptors (Lipinski definition) is 4. The summed E-state index contributed by atoms with van der Waals surface area (Å²) in [4.78, 5) is 26.7. The van der Waals surface area contributed by atoms with Crippen LogP contribution in [-0.2, 0) is 0 Å². The number of para-hydroxylation sites is 3. The van der Waals surface area contributed by atoms with Crippen molar-refractivity contribution in [1.82, 2.24) is 4.90 Å². The lowest BCUT2D eigenvalue weighted by Crippen LogP contribution is -2.50. The first-order chi connectivity index (χ1) is 11.6. The van der Waals surface area contributed by atoms with E-state index in [1.807, 2.05) is 35.2 Å². The number of carbonyl (C=O) groups excluding carboxylic acids is 1. The molecule has 2 aromatic carbocycles. The van der Waals surface area contributed by atoms with Gasteiger partial charge in [0.15, 0.2) is 0 Å². The van der Waals surface area contributed by atoms with Gasteiger partial charge in [0.05, 0.1) is 4.92 Å². The molecule has 24 heavy (non-hydrogen) atoms. The number of anilines is 2. The van der Waals surface area contributed by atoms with Gasteiger partial charge in [-0.05, 0) is 18.2 Å². The molecule has 2 amide bonds. The Hall–Kier alpha value is -3.09. The third-order valence-corrected chi connectivity index (χ3v) is 4.01. The fourth-order valence-electron chi connectivity index (χ4n) is 2.76. The lowest BCUT2D eigenvalue weighted by atomic mass is 10.2. The number of nitrogens with zero attached hydrogens (tertiary/aromatic N) is 3.